The summed E-state index contributed by atoms with van der Waals surface area (Å²) in [6.07, 6.45) is 0. The van der Waals surface area contributed by atoms with Crippen LogP contribution in [-0.2, 0) is 19.1 Å². The Kier molecular flexibility index (Phi) is 5.82. The molecule has 0 aliphatic heterocycles. The molecule has 0 saturated carbocycles. The van der Waals surface area contributed by atoms with E-state index in [0.29, 0.717) is 0 Å². The lowest BCUT2D eigenvalue weighted by atomic mass is 10.2. The largest absolute Gasteiger partial charge is 0.459 e. The van der Waals surface area contributed by atoms with Gasteiger partial charge in [0.25, 0.3) is 0 Å². The molecule has 0 aliphatic rings. The molecular formula is C16H24N6O5. The van der Waals surface area contributed by atoms with Crippen LogP contribution in [-0.4, -0.2) is 56.5 Å². The molecule has 0 bridgehead atoms. The molecule has 2 N–H and O–H groups in total. The summed E-state index contributed by atoms with van der Waals surface area (Å²) in [6.45, 7) is 10.3. The molecule has 0 unspecified atom stereocenters. The van der Waals surface area contributed by atoms with E-state index in [0.717, 1.165) is 0 Å². The van der Waals surface area contributed by atoms with Gasteiger partial charge in [0.2, 0.25) is 11.3 Å². The van der Waals surface area contributed by atoms with Crippen molar-refractivity contribution in [2.24, 2.45) is 0 Å². The summed E-state index contributed by atoms with van der Waals surface area (Å²) >= 11 is 0. The number of aromatic nitrogens is 4. The van der Waals surface area contributed by atoms with Crippen LogP contribution in [0.1, 0.15) is 41.5 Å². The topological polar surface area (TPSA) is 141 Å². The molecule has 0 fully saturated rings. The lowest BCUT2D eigenvalue weighted by Gasteiger charge is -2.20. The van der Waals surface area contributed by atoms with Crippen molar-refractivity contribution < 1.29 is 23.7 Å². The number of rotatable bonds is 6. The maximum Gasteiger partial charge on any atom is 0.325 e. The molecular weight excluding hydrogens is 356 g/mol. The molecule has 0 radical (unpaired) electrons. The number of esters is 2. The summed E-state index contributed by atoms with van der Waals surface area (Å²) in [5.41, 5.74) is -0.904. The molecule has 0 aliphatic carbocycles. The molecule has 0 atom stereocenters. The third kappa shape index (κ3) is 6.68. The van der Waals surface area contributed by atoms with Crippen molar-refractivity contribution in [2.45, 2.75) is 52.7 Å². The number of nitrogens with one attached hydrogen (secondary N) is 2. The van der Waals surface area contributed by atoms with Crippen molar-refractivity contribution in [3.8, 4) is 0 Å². The molecule has 11 heteroatoms. The number of carbonyl (C=O) groups is 2. The smallest absolute Gasteiger partial charge is 0.325 e. The molecule has 0 spiro atoms. The number of nitrogens with zero attached hydrogens (tertiary/aromatic N) is 4. The number of hydrogen-bond acceptors (Lipinski definition) is 11. The summed E-state index contributed by atoms with van der Waals surface area (Å²) in [4.78, 5) is 32.2. The predicted octanol–water partition coefficient (Wildman–Crippen LogP) is 1.52. The fourth-order valence-electron chi connectivity index (χ4n) is 1.95. The number of fused-ring (bicyclic) bond motifs is 1. The Labute approximate surface area is 156 Å². The summed E-state index contributed by atoms with van der Waals surface area (Å²) in [6, 6.07) is 0. The molecule has 2 heterocycles. The van der Waals surface area contributed by atoms with Gasteiger partial charge in [-0.3, -0.25) is 9.59 Å². The standard InChI is InChI=1S/C16H24N6O5/c1-15(2,3)25-9(23)7-17-11-12(18-8-10(24)26-16(4,5)6)20-14-13(19-11)21-27-22-14/h7-8H2,1-6H3,(H,17,19,21)(H,18,20,22). The Morgan fingerprint density at radius 1 is 0.815 bits per heavy atom. The fraction of sp³-hybridized carbons (Fsp3) is 0.625. The van der Waals surface area contributed by atoms with Crippen LogP contribution in [0, 0.1) is 0 Å². The van der Waals surface area contributed by atoms with Gasteiger partial charge in [0.05, 0.1) is 0 Å². The second-order valence-electron chi connectivity index (χ2n) is 7.71. The van der Waals surface area contributed by atoms with Crippen LogP contribution >= 0.6 is 0 Å². The van der Waals surface area contributed by atoms with E-state index in [1.807, 2.05) is 0 Å². The Bertz CT molecular complexity index is 755. The third-order valence-electron chi connectivity index (χ3n) is 2.75. The highest BCUT2D eigenvalue weighted by molar-refractivity contribution is 5.81. The molecule has 0 aromatic carbocycles. The first-order chi connectivity index (χ1) is 12.4. The summed E-state index contributed by atoms with van der Waals surface area (Å²) in [5, 5.41) is 12.9. The maximum atomic E-state index is 11.9. The van der Waals surface area contributed by atoms with Gasteiger partial charge in [0.1, 0.15) is 24.3 Å². The normalized spacial score (nSPS) is 11.9. The van der Waals surface area contributed by atoms with Gasteiger partial charge in [0, 0.05) is 0 Å². The fourth-order valence-corrected chi connectivity index (χ4v) is 1.95. The monoisotopic (exact) mass is 380 g/mol. The van der Waals surface area contributed by atoms with Gasteiger partial charge < -0.3 is 20.1 Å². The van der Waals surface area contributed by atoms with E-state index in [4.69, 9.17) is 9.47 Å². The zero-order valence-electron chi connectivity index (χ0n) is 16.2. The third-order valence-corrected chi connectivity index (χ3v) is 2.75. The van der Waals surface area contributed by atoms with Crippen LogP contribution in [0.2, 0.25) is 0 Å². The number of anilines is 2. The van der Waals surface area contributed by atoms with Gasteiger partial charge in [-0.2, -0.15) is 0 Å². The van der Waals surface area contributed by atoms with Crippen molar-refractivity contribution in [1.82, 2.24) is 20.3 Å². The molecule has 2 rings (SSSR count). The van der Waals surface area contributed by atoms with E-state index in [1.165, 1.54) is 0 Å². The SMILES string of the molecule is CC(C)(C)OC(=O)CNc1nc2nonc2nc1NCC(=O)OC(C)(C)C. The minimum absolute atomic E-state index is 0.149. The van der Waals surface area contributed by atoms with Crippen molar-refractivity contribution in [3.63, 3.8) is 0 Å². The van der Waals surface area contributed by atoms with Gasteiger partial charge >= 0.3 is 11.9 Å². The molecule has 148 valence electrons. The van der Waals surface area contributed by atoms with Crippen LogP contribution in [0.3, 0.4) is 0 Å². The average Bonchev–Trinajstić information content (AvgIpc) is 2.94. The van der Waals surface area contributed by atoms with Crippen molar-refractivity contribution in [2.75, 3.05) is 23.7 Å². The van der Waals surface area contributed by atoms with E-state index in [9.17, 15) is 9.59 Å². The molecule has 11 nitrogen and oxygen atoms in total. The zero-order chi connectivity index (χ0) is 20.2. The summed E-state index contributed by atoms with van der Waals surface area (Å²) in [5.74, 6) is -0.540. The van der Waals surface area contributed by atoms with Crippen LogP contribution in [0.15, 0.2) is 4.63 Å². The van der Waals surface area contributed by atoms with Crippen LogP contribution in [0.4, 0.5) is 11.6 Å². The Hall–Kier alpha value is -2.98. The summed E-state index contributed by atoms with van der Waals surface area (Å²) in [7, 11) is 0. The maximum absolute atomic E-state index is 11.9. The Balaban J connectivity index is 2.10. The first-order valence-electron chi connectivity index (χ1n) is 8.35. The lowest BCUT2D eigenvalue weighted by Crippen LogP contribution is -2.29. The van der Waals surface area contributed by atoms with Gasteiger partial charge in [0.15, 0.2) is 11.6 Å². The van der Waals surface area contributed by atoms with Crippen LogP contribution in [0.25, 0.3) is 11.3 Å². The van der Waals surface area contributed by atoms with Gasteiger partial charge in [-0.1, -0.05) is 0 Å². The van der Waals surface area contributed by atoms with Crippen LogP contribution < -0.4 is 10.6 Å². The molecule has 2 aromatic heterocycles. The highest BCUT2D eigenvalue weighted by Gasteiger charge is 2.20. The first-order valence-corrected chi connectivity index (χ1v) is 8.35. The van der Waals surface area contributed by atoms with E-state index < -0.39 is 23.1 Å². The van der Waals surface area contributed by atoms with Gasteiger partial charge in [-0.25, -0.2) is 14.6 Å². The van der Waals surface area contributed by atoms with E-state index >= 15 is 0 Å². The minimum Gasteiger partial charge on any atom is -0.459 e. The molecule has 2 aromatic rings. The minimum atomic E-state index is -0.609. The Morgan fingerprint density at radius 2 is 1.19 bits per heavy atom. The number of ether oxygens (including phenoxy) is 2. The number of hydrogen-bond donors (Lipinski definition) is 2. The second kappa shape index (κ2) is 7.72. The highest BCUT2D eigenvalue weighted by atomic mass is 16.6. The lowest BCUT2D eigenvalue weighted by molar-refractivity contribution is -0.153. The van der Waals surface area contributed by atoms with Gasteiger partial charge in [-0.15, -0.1) is 0 Å². The molecule has 0 amide bonds. The zero-order valence-corrected chi connectivity index (χ0v) is 16.2. The van der Waals surface area contributed by atoms with Crippen molar-refractivity contribution >= 4 is 34.9 Å². The molecule has 0 saturated heterocycles. The summed E-state index contributed by atoms with van der Waals surface area (Å²) < 4.78 is 15.1. The quantitative estimate of drug-likeness (QED) is 0.704. The van der Waals surface area contributed by atoms with Crippen LogP contribution in [0.5, 0.6) is 0 Å². The van der Waals surface area contributed by atoms with Crippen molar-refractivity contribution in [3.05, 3.63) is 0 Å². The Morgan fingerprint density at radius 3 is 1.52 bits per heavy atom. The van der Waals surface area contributed by atoms with Crippen molar-refractivity contribution in [1.29, 1.82) is 0 Å². The van der Waals surface area contributed by atoms with E-state index in [-0.39, 0.29) is 36.0 Å². The van der Waals surface area contributed by atoms with Gasteiger partial charge in [-0.05, 0) is 51.9 Å². The van der Waals surface area contributed by atoms with E-state index in [1.54, 1.807) is 41.5 Å². The van der Waals surface area contributed by atoms with E-state index in [2.05, 4.69) is 35.5 Å². The molecule has 27 heavy (non-hydrogen) atoms. The second-order valence-corrected chi connectivity index (χ2v) is 7.71. The predicted molar refractivity (Wildman–Crippen MR) is 96.1 cm³/mol. The average molecular weight is 380 g/mol. The first kappa shape index (κ1) is 20.3. The number of carbonyl (C=O) groups excluding carboxylic acids is 2. The highest BCUT2D eigenvalue weighted by Crippen LogP contribution is 2.19.